The van der Waals surface area contributed by atoms with Gasteiger partial charge >= 0.3 is 5.97 Å². The lowest BCUT2D eigenvalue weighted by Crippen LogP contribution is -2.42. The van der Waals surface area contributed by atoms with Crippen molar-refractivity contribution >= 4 is 29.1 Å². The molecule has 2 aromatic carbocycles. The van der Waals surface area contributed by atoms with Gasteiger partial charge in [0.25, 0.3) is 5.91 Å². The first kappa shape index (κ1) is 21.2. The normalized spacial score (nSPS) is 17.7. The van der Waals surface area contributed by atoms with Gasteiger partial charge in [0.05, 0.1) is 25.0 Å². The molecule has 0 saturated heterocycles. The molecule has 1 atom stereocenters. The molecule has 1 amide bonds. The number of benzene rings is 2. The molecule has 3 rings (SSSR count). The highest BCUT2D eigenvalue weighted by Gasteiger charge is 2.37. The molecule has 0 aliphatic carbocycles. The Morgan fingerprint density at radius 2 is 1.83 bits per heavy atom. The van der Waals surface area contributed by atoms with E-state index in [1.807, 2.05) is 0 Å². The van der Waals surface area contributed by atoms with Crippen molar-refractivity contribution in [2.45, 2.75) is 18.9 Å². The van der Waals surface area contributed by atoms with Crippen LogP contribution in [0.15, 0.2) is 47.5 Å². The fourth-order valence-electron chi connectivity index (χ4n) is 3.03. The van der Waals surface area contributed by atoms with Gasteiger partial charge in [-0.2, -0.15) is 0 Å². The molecular weight excluding hydrogens is 394 g/mol. The van der Waals surface area contributed by atoms with Gasteiger partial charge in [0, 0.05) is 12.5 Å². The number of amides is 1. The standard InChI is InChI=1S/C21H22F2N4O3/c1-21(12-25-18(27-21)9-13-7-14(22)10-15(23)8-13)20(29)26-17-6-4-3-5-16(17)24-11-19(28)30-2/h3-8,10,24H,9,11-12H2,1-2H3,(H,25,27)(H,26,29). The Morgan fingerprint density at radius 1 is 1.17 bits per heavy atom. The fourth-order valence-corrected chi connectivity index (χ4v) is 3.03. The Hall–Kier alpha value is -3.49. The topological polar surface area (TPSA) is 91.8 Å². The Morgan fingerprint density at radius 3 is 2.50 bits per heavy atom. The molecule has 1 aliphatic heterocycles. The van der Waals surface area contributed by atoms with E-state index < -0.39 is 23.1 Å². The second kappa shape index (κ2) is 8.89. The van der Waals surface area contributed by atoms with Crippen LogP contribution in [0.1, 0.15) is 12.5 Å². The molecule has 0 spiro atoms. The smallest absolute Gasteiger partial charge is 0.325 e. The third-order valence-corrected chi connectivity index (χ3v) is 4.63. The predicted octanol–water partition coefficient (Wildman–Crippen LogP) is 2.49. The molecule has 0 radical (unpaired) electrons. The summed E-state index contributed by atoms with van der Waals surface area (Å²) in [5, 5.41) is 8.76. The van der Waals surface area contributed by atoms with Crippen molar-refractivity contribution in [3.8, 4) is 0 Å². The number of halogens is 2. The van der Waals surface area contributed by atoms with E-state index in [4.69, 9.17) is 0 Å². The molecule has 2 aromatic rings. The lowest BCUT2D eigenvalue weighted by atomic mass is 10.0. The molecule has 3 N–H and O–H groups in total. The van der Waals surface area contributed by atoms with E-state index in [0.717, 1.165) is 6.07 Å². The number of hydrogen-bond donors (Lipinski definition) is 3. The molecule has 158 valence electrons. The van der Waals surface area contributed by atoms with Gasteiger partial charge in [-0.25, -0.2) is 8.78 Å². The number of methoxy groups -OCH3 is 1. The number of nitrogens with zero attached hydrogens (tertiary/aromatic N) is 1. The Balaban J connectivity index is 1.70. The predicted molar refractivity (Wildman–Crippen MR) is 109 cm³/mol. The van der Waals surface area contributed by atoms with Crippen molar-refractivity contribution in [1.29, 1.82) is 0 Å². The minimum atomic E-state index is -1.10. The second-order valence-electron chi connectivity index (χ2n) is 7.07. The maximum absolute atomic E-state index is 13.4. The van der Waals surface area contributed by atoms with E-state index in [2.05, 4.69) is 25.7 Å². The highest BCUT2D eigenvalue weighted by molar-refractivity contribution is 6.04. The number of anilines is 2. The van der Waals surface area contributed by atoms with Crippen LogP contribution in [-0.2, 0) is 20.7 Å². The van der Waals surface area contributed by atoms with E-state index in [9.17, 15) is 18.4 Å². The van der Waals surface area contributed by atoms with E-state index in [0.29, 0.717) is 22.8 Å². The molecule has 7 nitrogen and oxygen atoms in total. The highest BCUT2D eigenvalue weighted by atomic mass is 19.1. The third kappa shape index (κ3) is 5.11. The first-order valence-electron chi connectivity index (χ1n) is 9.28. The monoisotopic (exact) mass is 416 g/mol. The molecule has 1 aliphatic rings. The van der Waals surface area contributed by atoms with E-state index >= 15 is 0 Å². The number of amidine groups is 1. The van der Waals surface area contributed by atoms with Crippen LogP contribution in [0.5, 0.6) is 0 Å². The van der Waals surface area contributed by atoms with Crippen molar-refractivity contribution in [1.82, 2.24) is 5.32 Å². The number of ether oxygens (including phenoxy) is 1. The maximum atomic E-state index is 13.4. The first-order valence-corrected chi connectivity index (χ1v) is 9.28. The number of rotatable bonds is 7. The summed E-state index contributed by atoms with van der Waals surface area (Å²) < 4.78 is 31.4. The van der Waals surface area contributed by atoms with Crippen molar-refractivity contribution in [3.05, 3.63) is 59.7 Å². The molecular formula is C21H22F2N4O3. The van der Waals surface area contributed by atoms with Gasteiger partial charge in [-0.1, -0.05) is 12.1 Å². The van der Waals surface area contributed by atoms with Crippen LogP contribution in [0.2, 0.25) is 0 Å². The summed E-state index contributed by atoms with van der Waals surface area (Å²) in [6.45, 7) is 1.86. The van der Waals surface area contributed by atoms with Crippen molar-refractivity contribution < 1.29 is 23.1 Å². The number of hydrogen-bond acceptors (Lipinski definition) is 6. The summed E-state index contributed by atoms with van der Waals surface area (Å²) in [7, 11) is 1.29. The van der Waals surface area contributed by atoms with Crippen molar-refractivity contribution in [2.75, 3.05) is 30.8 Å². The van der Waals surface area contributed by atoms with Crippen LogP contribution in [-0.4, -0.2) is 43.5 Å². The number of nitrogens with one attached hydrogen (secondary N) is 3. The molecule has 30 heavy (non-hydrogen) atoms. The SMILES string of the molecule is COC(=O)CNc1ccccc1NC(=O)C1(C)CNC(Cc2cc(F)cc(F)c2)=N1. The lowest BCUT2D eigenvalue weighted by Gasteiger charge is -2.20. The Bertz CT molecular complexity index is 976. The van der Waals surface area contributed by atoms with Crippen LogP contribution < -0.4 is 16.0 Å². The summed E-state index contributed by atoms with van der Waals surface area (Å²) in [5.74, 6) is -1.66. The molecule has 0 aromatic heterocycles. The van der Waals surface area contributed by atoms with Gasteiger partial charge in [-0.05, 0) is 36.8 Å². The number of aliphatic imine (C=N–C) groups is 1. The molecule has 0 fully saturated rings. The third-order valence-electron chi connectivity index (χ3n) is 4.63. The molecule has 0 saturated carbocycles. The zero-order valence-corrected chi connectivity index (χ0v) is 16.6. The van der Waals surface area contributed by atoms with Crippen molar-refractivity contribution in [3.63, 3.8) is 0 Å². The maximum Gasteiger partial charge on any atom is 0.325 e. The summed E-state index contributed by atoms with van der Waals surface area (Å²) in [4.78, 5) is 28.7. The number of para-hydroxylation sites is 2. The quantitative estimate of drug-likeness (QED) is 0.604. The number of esters is 1. The average Bonchev–Trinajstić information content (AvgIpc) is 3.08. The zero-order chi connectivity index (χ0) is 21.7. The fraction of sp³-hybridized carbons (Fsp3) is 0.286. The summed E-state index contributed by atoms with van der Waals surface area (Å²) >= 11 is 0. The molecule has 9 heteroatoms. The first-order chi connectivity index (χ1) is 14.3. The number of carbonyl (C=O) groups excluding carboxylic acids is 2. The van der Waals surface area contributed by atoms with Gasteiger partial charge in [-0.15, -0.1) is 0 Å². The van der Waals surface area contributed by atoms with Crippen LogP contribution in [0, 0.1) is 11.6 Å². The van der Waals surface area contributed by atoms with Crippen LogP contribution in [0.4, 0.5) is 20.2 Å². The zero-order valence-electron chi connectivity index (χ0n) is 16.6. The van der Waals surface area contributed by atoms with Crippen LogP contribution >= 0.6 is 0 Å². The van der Waals surface area contributed by atoms with Gasteiger partial charge in [-0.3, -0.25) is 14.6 Å². The van der Waals surface area contributed by atoms with E-state index in [1.165, 1.54) is 19.2 Å². The Kier molecular flexibility index (Phi) is 6.29. The lowest BCUT2D eigenvalue weighted by molar-refractivity contribution is -0.138. The second-order valence-corrected chi connectivity index (χ2v) is 7.07. The van der Waals surface area contributed by atoms with Gasteiger partial charge in [0.2, 0.25) is 0 Å². The molecule has 0 bridgehead atoms. The minimum absolute atomic E-state index is 0.0469. The Labute approximate surface area is 172 Å². The van der Waals surface area contributed by atoms with E-state index in [1.54, 1.807) is 31.2 Å². The summed E-state index contributed by atoms with van der Waals surface area (Å²) in [5.41, 5.74) is 0.367. The van der Waals surface area contributed by atoms with E-state index in [-0.39, 0.29) is 25.4 Å². The molecule has 1 heterocycles. The largest absolute Gasteiger partial charge is 0.468 e. The highest BCUT2D eigenvalue weighted by Crippen LogP contribution is 2.24. The van der Waals surface area contributed by atoms with Crippen molar-refractivity contribution in [2.24, 2.45) is 4.99 Å². The minimum Gasteiger partial charge on any atom is -0.468 e. The van der Waals surface area contributed by atoms with Gasteiger partial charge < -0.3 is 20.7 Å². The van der Waals surface area contributed by atoms with Gasteiger partial charge in [0.15, 0.2) is 5.54 Å². The average molecular weight is 416 g/mol. The van der Waals surface area contributed by atoms with Crippen LogP contribution in [0.3, 0.4) is 0 Å². The van der Waals surface area contributed by atoms with Crippen LogP contribution in [0.25, 0.3) is 0 Å². The summed E-state index contributed by atoms with van der Waals surface area (Å²) in [6, 6.07) is 10.2. The number of carbonyl (C=O) groups is 2. The summed E-state index contributed by atoms with van der Waals surface area (Å²) in [6.07, 6.45) is 0.175. The molecule has 1 unspecified atom stereocenters. The van der Waals surface area contributed by atoms with Gasteiger partial charge in [0.1, 0.15) is 24.0 Å².